The summed E-state index contributed by atoms with van der Waals surface area (Å²) in [5, 5.41) is 0. The summed E-state index contributed by atoms with van der Waals surface area (Å²) in [5.41, 5.74) is -0.816. The number of halogens is 4. The SMILES string of the molecule is COC[C@H](C)c1ccc(F)c(C(F)(F)F)c1. The first kappa shape index (κ1) is 13.0. The van der Waals surface area contributed by atoms with Gasteiger partial charge in [-0.25, -0.2) is 4.39 Å². The largest absolute Gasteiger partial charge is 0.419 e. The number of benzene rings is 1. The Morgan fingerprint density at radius 2 is 1.94 bits per heavy atom. The van der Waals surface area contributed by atoms with E-state index in [1.54, 1.807) is 6.92 Å². The van der Waals surface area contributed by atoms with Crippen LogP contribution in [0.25, 0.3) is 0 Å². The monoisotopic (exact) mass is 236 g/mol. The Labute approximate surface area is 91.0 Å². The molecule has 1 aromatic rings. The summed E-state index contributed by atoms with van der Waals surface area (Å²) in [7, 11) is 1.46. The zero-order valence-electron chi connectivity index (χ0n) is 8.94. The number of hydrogen-bond acceptors (Lipinski definition) is 1. The van der Waals surface area contributed by atoms with E-state index in [1.807, 2.05) is 0 Å². The molecule has 5 heteroatoms. The first-order chi connectivity index (χ1) is 7.36. The van der Waals surface area contributed by atoms with Crippen molar-refractivity contribution in [2.45, 2.75) is 19.0 Å². The number of rotatable bonds is 3. The summed E-state index contributed by atoms with van der Waals surface area (Å²) in [4.78, 5) is 0. The van der Waals surface area contributed by atoms with Gasteiger partial charge in [0, 0.05) is 13.0 Å². The third-order valence-corrected chi connectivity index (χ3v) is 2.28. The second-order valence-corrected chi connectivity index (χ2v) is 3.59. The molecule has 16 heavy (non-hydrogen) atoms. The number of ether oxygens (including phenoxy) is 1. The number of hydrogen-bond donors (Lipinski definition) is 0. The van der Waals surface area contributed by atoms with Crippen molar-refractivity contribution in [1.29, 1.82) is 0 Å². The molecule has 0 radical (unpaired) electrons. The molecule has 0 heterocycles. The van der Waals surface area contributed by atoms with Gasteiger partial charge in [0.25, 0.3) is 0 Å². The van der Waals surface area contributed by atoms with E-state index in [1.165, 1.54) is 13.2 Å². The van der Waals surface area contributed by atoms with Crippen LogP contribution >= 0.6 is 0 Å². The topological polar surface area (TPSA) is 9.23 Å². The van der Waals surface area contributed by atoms with Crippen molar-refractivity contribution < 1.29 is 22.3 Å². The molecule has 0 saturated carbocycles. The standard InChI is InChI=1S/C11H12F4O/c1-7(6-16-2)8-3-4-10(12)9(5-8)11(13,14)15/h3-5,7H,6H2,1-2H3/t7-/m0/s1. The van der Waals surface area contributed by atoms with E-state index in [0.717, 1.165) is 12.1 Å². The first-order valence-corrected chi connectivity index (χ1v) is 4.72. The van der Waals surface area contributed by atoms with Crippen LogP contribution in [-0.2, 0) is 10.9 Å². The molecule has 1 rings (SSSR count). The Morgan fingerprint density at radius 1 is 1.31 bits per heavy atom. The highest BCUT2D eigenvalue weighted by atomic mass is 19.4. The van der Waals surface area contributed by atoms with E-state index in [-0.39, 0.29) is 5.92 Å². The van der Waals surface area contributed by atoms with Gasteiger partial charge in [0.1, 0.15) is 5.82 Å². The average Bonchev–Trinajstić information content (AvgIpc) is 2.16. The van der Waals surface area contributed by atoms with E-state index in [2.05, 4.69) is 0 Å². The van der Waals surface area contributed by atoms with Crippen LogP contribution in [0.2, 0.25) is 0 Å². The first-order valence-electron chi connectivity index (χ1n) is 4.72. The van der Waals surface area contributed by atoms with Crippen LogP contribution < -0.4 is 0 Å². The summed E-state index contributed by atoms with van der Waals surface area (Å²) in [6, 6.07) is 3.01. The fraction of sp³-hybridized carbons (Fsp3) is 0.455. The minimum Gasteiger partial charge on any atom is -0.384 e. The Morgan fingerprint density at radius 3 is 2.44 bits per heavy atom. The maximum Gasteiger partial charge on any atom is 0.419 e. The molecule has 0 amide bonds. The molecule has 0 spiro atoms. The third-order valence-electron chi connectivity index (χ3n) is 2.28. The maximum atomic E-state index is 13.0. The third kappa shape index (κ3) is 2.95. The Balaban J connectivity index is 3.07. The molecule has 1 aromatic carbocycles. The van der Waals surface area contributed by atoms with Crippen LogP contribution in [-0.4, -0.2) is 13.7 Å². The molecule has 0 aliphatic heterocycles. The van der Waals surface area contributed by atoms with E-state index >= 15 is 0 Å². The molecule has 90 valence electrons. The lowest BCUT2D eigenvalue weighted by Crippen LogP contribution is -2.10. The summed E-state index contributed by atoms with van der Waals surface area (Å²) in [6.45, 7) is 2.01. The van der Waals surface area contributed by atoms with Gasteiger partial charge >= 0.3 is 6.18 Å². The van der Waals surface area contributed by atoms with Gasteiger partial charge in [-0.2, -0.15) is 13.2 Å². The van der Waals surface area contributed by atoms with Crippen LogP contribution in [0.4, 0.5) is 17.6 Å². The normalized spacial score (nSPS) is 13.9. The lowest BCUT2D eigenvalue weighted by Gasteiger charge is -2.14. The molecule has 0 bridgehead atoms. The van der Waals surface area contributed by atoms with Crippen molar-refractivity contribution >= 4 is 0 Å². The smallest absolute Gasteiger partial charge is 0.384 e. The summed E-state index contributed by atoms with van der Waals surface area (Å²) in [6.07, 6.45) is -4.66. The van der Waals surface area contributed by atoms with E-state index in [9.17, 15) is 17.6 Å². The van der Waals surface area contributed by atoms with Crippen LogP contribution in [0.15, 0.2) is 18.2 Å². The molecule has 0 unspecified atom stereocenters. The van der Waals surface area contributed by atoms with E-state index in [4.69, 9.17) is 4.74 Å². The van der Waals surface area contributed by atoms with Crippen molar-refractivity contribution in [3.8, 4) is 0 Å². The van der Waals surface area contributed by atoms with Crippen molar-refractivity contribution in [3.63, 3.8) is 0 Å². The Hall–Kier alpha value is -1.10. The lowest BCUT2D eigenvalue weighted by molar-refractivity contribution is -0.140. The summed E-state index contributed by atoms with van der Waals surface area (Å²) in [5.74, 6) is -1.45. The minimum absolute atomic E-state index is 0.202. The average molecular weight is 236 g/mol. The molecule has 0 fully saturated rings. The second-order valence-electron chi connectivity index (χ2n) is 3.59. The van der Waals surface area contributed by atoms with Crippen molar-refractivity contribution in [2.75, 3.05) is 13.7 Å². The molecule has 0 N–H and O–H groups in total. The molecular weight excluding hydrogens is 224 g/mol. The van der Waals surface area contributed by atoms with Gasteiger partial charge in [0.2, 0.25) is 0 Å². The molecule has 1 atom stereocenters. The van der Waals surface area contributed by atoms with Crippen LogP contribution in [0.1, 0.15) is 24.0 Å². The van der Waals surface area contributed by atoms with E-state index in [0.29, 0.717) is 12.2 Å². The fourth-order valence-electron chi connectivity index (χ4n) is 1.41. The highest BCUT2D eigenvalue weighted by Crippen LogP contribution is 2.33. The van der Waals surface area contributed by atoms with Gasteiger partial charge in [0.05, 0.1) is 12.2 Å². The summed E-state index contributed by atoms with van der Waals surface area (Å²) >= 11 is 0. The second kappa shape index (κ2) is 4.82. The quantitative estimate of drug-likeness (QED) is 0.728. The lowest BCUT2D eigenvalue weighted by atomic mass is 9.99. The van der Waals surface area contributed by atoms with Gasteiger partial charge in [-0.05, 0) is 17.7 Å². The number of alkyl halides is 3. The van der Waals surface area contributed by atoms with Gasteiger partial charge in [-0.3, -0.25) is 0 Å². The number of methoxy groups -OCH3 is 1. The maximum absolute atomic E-state index is 13.0. The van der Waals surface area contributed by atoms with Gasteiger partial charge in [-0.15, -0.1) is 0 Å². The van der Waals surface area contributed by atoms with Gasteiger partial charge in [0.15, 0.2) is 0 Å². The Bertz CT molecular complexity index is 359. The molecule has 0 aliphatic rings. The van der Waals surface area contributed by atoms with Crippen LogP contribution in [0.5, 0.6) is 0 Å². The van der Waals surface area contributed by atoms with E-state index < -0.39 is 17.6 Å². The predicted octanol–water partition coefficient (Wildman–Crippen LogP) is 3.59. The molecule has 1 nitrogen and oxygen atoms in total. The molecule has 0 aromatic heterocycles. The highest BCUT2D eigenvalue weighted by molar-refractivity contribution is 5.29. The summed E-state index contributed by atoms with van der Waals surface area (Å²) < 4.78 is 55.0. The van der Waals surface area contributed by atoms with Crippen molar-refractivity contribution in [1.82, 2.24) is 0 Å². The Kier molecular flexibility index (Phi) is 3.91. The molecule has 0 aliphatic carbocycles. The zero-order valence-corrected chi connectivity index (χ0v) is 8.94. The molecule has 0 saturated heterocycles. The zero-order chi connectivity index (χ0) is 12.3. The van der Waals surface area contributed by atoms with Crippen molar-refractivity contribution in [2.24, 2.45) is 0 Å². The molecular formula is C11H12F4O. The van der Waals surface area contributed by atoms with Crippen LogP contribution in [0.3, 0.4) is 0 Å². The van der Waals surface area contributed by atoms with Gasteiger partial charge < -0.3 is 4.74 Å². The van der Waals surface area contributed by atoms with Gasteiger partial charge in [-0.1, -0.05) is 13.0 Å². The predicted molar refractivity (Wildman–Crippen MR) is 51.7 cm³/mol. The fourth-order valence-corrected chi connectivity index (χ4v) is 1.41. The minimum atomic E-state index is -4.66. The van der Waals surface area contributed by atoms with Crippen LogP contribution in [0, 0.1) is 5.82 Å². The highest BCUT2D eigenvalue weighted by Gasteiger charge is 2.34. The van der Waals surface area contributed by atoms with Crippen molar-refractivity contribution in [3.05, 3.63) is 35.1 Å².